The van der Waals surface area contributed by atoms with Gasteiger partial charge in [0.2, 0.25) is 0 Å². The Morgan fingerprint density at radius 3 is 2.46 bits per heavy atom. The quantitative estimate of drug-likeness (QED) is 0.654. The van der Waals surface area contributed by atoms with E-state index in [1.165, 1.54) is 0 Å². The number of piperidine rings is 1. The maximum absolute atomic E-state index is 12.3. The SMILES string of the molecule is Cl.O=C(NCc1ccccc1)NC(C1CCNCC1)C1CC(O)C1. The van der Waals surface area contributed by atoms with Crippen LogP contribution in [0.1, 0.15) is 31.2 Å². The number of carbonyl (C=O) groups excluding carboxylic acids is 1. The lowest BCUT2D eigenvalue weighted by Crippen LogP contribution is -2.54. The number of aliphatic hydroxyl groups is 1. The molecule has 1 aliphatic carbocycles. The Morgan fingerprint density at radius 2 is 1.83 bits per heavy atom. The molecule has 2 fully saturated rings. The largest absolute Gasteiger partial charge is 0.393 e. The molecule has 1 saturated carbocycles. The first kappa shape index (κ1) is 19.0. The molecule has 134 valence electrons. The van der Waals surface area contributed by atoms with E-state index in [9.17, 15) is 9.90 Å². The molecule has 0 bridgehead atoms. The van der Waals surface area contributed by atoms with Gasteiger partial charge in [-0.05, 0) is 56.2 Å². The average molecular weight is 354 g/mol. The second kappa shape index (κ2) is 9.25. The number of nitrogens with one attached hydrogen (secondary N) is 3. The highest BCUT2D eigenvalue weighted by Gasteiger charge is 2.39. The highest BCUT2D eigenvalue weighted by molar-refractivity contribution is 5.85. The molecule has 0 aromatic heterocycles. The van der Waals surface area contributed by atoms with Crippen LogP contribution in [0.25, 0.3) is 0 Å². The van der Waals surface area contributed by atoms with Crippen LogP contribution in [-0.2, 0) is 6.54 Å². The first-order chi connectivity index (χ1) is 11.2. The number of amides is 2. The van der Waals surface area contributed by atoms with Gasteiger partial charge in [0, 0.05) is 12.6 Å². The molecule has 3 rings (SSSR count). The lowest BCUT2D eigenvalue weighted by atomic mass is 9.71. The zero-order valence-corrected chi connectivity index (χ0v) is 14.7. The molecule has 5 nitrogen and oxygen atoms in total. The number of carbonyl (C=O) groups is 1. The van der Waals surface area contributed by atoms with E-state index in [0.717, 1.165) is 44.3 Å². The first-order valence-corrected chi connectivity index (χ1v) is 8.69. The summed E-state index contributed by atoms with van der Waals surface area (Å²) in [6.45, 7) is 2.58. The lowest BCUT2D eigenvalue weighted by molar-refractivity contribution is 0.0116. The van der Waals surface area contributed by atoms with Crippen LogP contribution in [0, 0.1) is 11.8 Å². The van der Waals surface area contributed by atoms with Crippen molar-refractivity contribution >= 4 is 18.4 Å². The zero-order valence-electron chi connectivity index (χ0n) is 13.9. The third-order valence-electron chi connectivity index (χ3n) is 5.14. The summed E-state index contributed by atoms with van der Waals surface area (Å²) in [4.78, 5) is 12.3. The number of halogens is 1. The van der Waals surface area contributed by atoms with Gasteiger partial charge in [0.1, 0.15) is 0 Å². The molecule has 6 heteroatoms. The van der Waals surface area contributed by atoms with Gasteiger partial charge in [-0.25, -0.2) is 4.79 Å². The van der Waals surface area contributed by atoms with Gasteiger partial charge < -0.3 is 21.1 Å². The molecule has 2 amide bonds. The van der Waals surface area contributed by atoms with Gasteiger partial charge in [-0.3, -0.25) is 0 Å². The molecule has 1 aromatic carbocycles. The standard InChI is InChI=1S/C18H27N3O2.ClH/c22-16-10-15(11-16)17(14-6-8-19-9-7-14)21-18(23)20-12-13-4-2-1-3-5-13;/h1-5,14-17,19,22H,6-12H2,(H2,20,21,23);1H. The summed E-state index contributed by atoms with van der Waals surface area (Å²) in [6, 6.07) is 10.0. The summed E-state index contributed by atoms with van der Waals surface area (Å²) in [7, 11) is 0. The number of aliphatic hydroxyl groups excluding tert-OH is 1. The van der Waals surface area contributed by atoms with Gasteiger partial charge in [-0.15, -0.1) is 12.4 Å². The van der Waals surface area contributed by atoms with Crippen molar-refractivity contribution in [1.29, 1.82) is 0 Å². The number of rotatable bonds is 5. The van der Waals surface area contributed by atoms with Crippen molar-refractivity contribution < 1.29 is 9.90 Å². The Balaban J connectivity index is 0.00000208. The summed E-state index contributed by atoms with van der Waals surface area (Å²) >= 11 is 0. The average Bonchev–Trinajstić information content (AvgIpc) is 2.57. The summed E-state index contributed by atoms with van der Waals surface area (Å²) < 4.78 is 0. The molecule has 0 spiro atoms. The zero-order chi connectivity index (χ0) is 16.1. The van der Waals surface area contributed by atoms with Gasteiger partial charge in [0.05, 0.1) is 6.10 Å². The van der Waals surface area contributed by atoms with Gasteiger partial charge in [0.15, 0.2) is 0 Å². The van der Waals surface area contributed by atoms with Crippen molar-refractivity contribution in [1.82, 2.24) is 16.0 Å². The summed E-state index contributed by atoms with van der Waals surface area (Å²) in [5.74, 6) is 0.923. The Morgan fingerprint density at radius 1 is 1.17 bits per heavy atom. The predicted molar refractivity (Wildman–Crippen MR) is 97.2 cm³/mol. The van der Waals surface area contributed by atoms with E-state index >= 15 is 0 Å². The van der Waals surface area contributed by atoms with Crippen LogP contribution in [0.15, 0.2) is 30.3 Å². The Bertz CT molecular complexity index is 502. The third-order valence-corrected chi connectivity index (χ3v) is 5.14. The van der Waals surface area contributed by atoms with Crippen molar-refractivity contribution in [2.45, 2.75) is 44.4 Å². The highest BCUT2D eigenvalue weighted by atomic mass is 35.5. The highest BCUT2D eigenvalue weighted by Crippen LogP contribution is 2.35. The fourth-order valence-corrected chi connectivity index (χ4v) is 3.73. The topological polar surface area (TPSA) is 73.4 Å². The van der Waals surface area contributed by atoms with E-state index in [-0.39, 0.29) is 30.6 Å². The minimum absolute atomic E-state index is 0. The Kier molecular flexibility index (Phi) is 7.34. The van der Waals surface area contributed by atoms with Crippen molar-refractivity contribution in [2.75, 3.05) is 13.1 Å². The normalized spacial score (nSPS) is 25.0. The molecule has 1 unspecified atom stereocenters. The van der Waals surface area contributed by atoms with Gasteiger partial charge >= 0.3 is 6.03 Å². The number of benzene rings is 1. The van der Waals surface area contributed by atoms with Gasteiger partial charge in [0.25, 0.3) is 0 Å². The van der Waals surface area contributed by atoms with Crippen LogP contribution in [-0.4, -0.2) is 36.4 Å². The fourth-order valence-electron chi connectivity index (χ4n) is 3.73. The van der Waals surface area contributed by atoms with Crippen LogP contribution in [0.5, 0.6) is 0 Å². The van der Waals surface area contributed by atoms with Crippen LogP contribution < -0.4 is 16.0 Å². The van der Waals surface area contributed by atoms with Crippen LogP contribution in [0.4, 0.5) is 4.79 Å². The molecule has 2 aliphatic rings. The minimum atomic E-state index is -0.182. The van der Waals surface area contributed by atoms with E-state index in [0.29, 0.717) is 18.4 Å². The maximum Gasteiger partial charge on any atom is 0.315 e. The second-order valence-corrected chi connectivity index (χ2v) is 6.81. The Labute approximate surface area is 150 Å². The molecule has 1 saturated heterocycles. The molecule has 1 atom stereocenters. The Hall–Kier alpha value is -1.30. The molecule has 1 aliphatic heterocycles. The molecule has 0 radical (unpaired) electrons. The van der Waals surface area contributed by atoms with Gasteiger partial charge in [-0.2, -0.15) is 0 Å². The van der Waals surface area contributed by atoms with E-state index in [4.69, 9.17) is 0 Å². The number of urea groups is 1. The lowest BCUT2D eigenvalue weighted by Gasteiger charge is -2.43. The minimum Gasteiger partial charge on any atom is -0.393 e. The molecule has 24 heavy (non-hydrogen) atoms. The van der Waals surface area contributed by atoms with Crippen molar-refractivity contribution in [3.05, 3.63) is 35.9 Å². The third kappa shape index (κ3) is 5.10. The van der Waals surface area contributed by atoms with Gasteiger partial charge in [-0.1, -0.05) is 30.3 Å². The number of hydrogen-bond acceptors (Lipinski definition) is 3. The van der Waals surface area contributed by atoms with Crippen molar-refractivity contribution in [3.63, 3.8) is 0 Å². The van der Waals surface area contributed by atoms with Crippen molar-refractivity contribution in [2.24, 2.45) is 11.8 Å². The molecule has 1 heterocycles. The van der Waals surface area contributed by atoms with E-state index in [1.54, 1.807) is 0 Å². The van der Waals surface area contributed by atoms with Crippen LogP contribution in [0.2, 0.25) is 0 Å². The predicted octanol–water partition coefficient (Wildman–Crippen LogP) is 2.05. The second-order valence-electron chi connectivity index (χ2n) is 6.81. The van der Waals surface area contributed by atoms with Crippen molar-refractivity contribution in [3.8, 4) is 0 Å². The summed E-state index contributed by atoms with van der Waals surface area (Å²) in [5.41, 5.74) is 1.10. The first-order valence-electron chi connectivity index (χ1n) is 8.69. The monoisotopic (exact) mass is 353 g/mol. The molecular formula is C18H28ClN3O2. The smallest absolute Gasteiger partial charge is 0.315 e. The summed E-state index contributed by atoms with van der Waals surface area (Å²) in [5, 5.41) is 19.1. The molecule has 1 aromatic rings. The van der Waals surface area contributed by atoms with E-state index in [1.807, 2.05) is 30.3 Å². The molecule has 4 N–H and O–H groups in total. The van der Waals surface area contributed by atoms with Crippen LogP contribution in [0.3, 0.4) is 0 Å². The van der Waals surface area contributed by atoms with E-state index in [2.05, 4.69) is 16.0 Å². The fraction of sp³-hybridized carbons (Fsp3) is 0.611. The maximum atomic E-state index is 12.3. The number of hydrogen-bond donors (Lipinski definition) is 4. The molecular weight excluding hydrogens is 326 g/mol. The summed E-state index contributed by atoms with van der Waals surface area (Å²) in [6.07, 6.45) is 3.63. The van der Waals surface area contributed by atoms with Crippen LogP contribution >= 0.6 is 12.4 Å². The van der Waals surface area contributed by atoms with E-state index < -0.39 is 0 Å².